The van der Waals surface area contributed by atoms with Crippen molar-refractivity contribution in [2.24, 2.45) is 11.3 Å². The molecule has 0 aromatic rings. The van der Waals surface area contributed by atoms with E-state index in [-0.39, 0.29) is 12.2 Å². The second kappa shape index (κ2) is 9.50. The SMILES string of the molecule is CC(CCC(C)(C)OC1(C(=O)C(C)(C)C)CCCC1)C(=O)C(OC(C)(C)C)C(F)(F)F. The molecule has 0 aromatic heterocycles. The minimum absolute atomic E-state index is 0.0606. The van der Waals surface area contributed by atoms with Crippen molar-refractivity contribution in [1.29, 1.82) is 0 Å². The summed E-state index contributed by atoms with van der Waals surface area (Å²) in [6.07, 6.45) is -3.53. The van der Waals surface area contributed by atoms with Crippen LogP contribution < -0.4 is 0 Å². The first-order chi connectivity index (χ1) is 13.7. The summed E-state index contributed by atoms with van der Waals surface area (Å²) in [7, 11) is 0. The molecule has 7 heteroatoms. The van der Waals surface area contributed by atoms with E-state index in [1.54, 1.807) is 0 Å². The zero-order valence-corrected chi connectivity index (χ0v) is 20.7. The van der Waals surface area contributed by atoms with Crippen LogP contribution in [0.5, 0.6) is 0 Å². The summed E-state index contributed by atoms with van der Waals surface area (Å²) in [5.74, 6) is -1.76. The van der Waals surface area contributed by atoms with Gasteiger partial charge in [0.05, 0.1) is 11.2 Å². The monoisotopic (exact) mass is 450 g/mol. The number of halogens is 3. The van der Waals surface area contributed by atoms with Crippen LogP contribution in [0.4, 0.5) is 13.2 Å². The highest BCUT2D eigenvalue weighted by atomic mass is 19.4. The molecule has 182 valence electrons. The molecule has 2 atom stereocenters. The average molecular weight is 451 g/mol. The molecule has 31 heavy (non-hydrogen) atoms. The molecule has 0 amide bonds. The van der Waals surface area contributed by atoms with E-state index in [0.717, 1.165) is 12.8 Å². The summed E-state index contributed by atoms with van der Waals surface area (Å²) in [6.45, 7) is 15.3. The summed E-state index contributed by atoms with van der Waals surface area (Å²) in [6, 6.07) is 0. The lowest BCUT2D eigenvalue weighted by Crippen LogP contribution is -2.50. The third-order valence-electron chi connectivity index (χ3n) is 5.67. The van der Waals surface area contributed by atoms with Gasteiger partial charge in [-0.2, -0.15) is 13.2 Å². The van der Waals surface area contributed by atoms with Crippen LogP contribution in [0.15, 0.2) is 0 Å². The molecule has 1 fully saturated rings. The Bertz CT molecular complexity index is 633. The topological polar surface area (TPSA) is 52.6 Å². The number of hydrogen-bond donors (Lipinski definition) is 0. The maximum absolute atomic E-state index is 13.4. The Morgan fingerprint density at radius 1 is 0.935 bits per heavy atom. The third-order valence-corrected chi connectivity index (χ3v) is 5.67. The van der Waals surface area contributed by atoms with Crippen LogP contribution in [0.2, 0.25) is 0 Å². The van der Waals surface area contributed by atoms with E-state index in [1.165, 1.54) is 27.7 Å². The van der Waals surface area contributed by atoms with Crippen molar-refractivity contribution in [1.82, 2.24) is 0 Å². The zero-order chi connectivity index (χ0) is 24.5. The molecule has 0 spiro atoms. The van der Waals surface area contributed by atoms with Crippen LogP contribution in [0.3, 0.4) is 0 Å². The number of hydrogen-bond acceptors (Lipinski definition) is 4. The van der Waals surface area contributed by atoms with Crippen molar-refractivity contribution < 1.29 is 32.2 Å². The molecule has 1 saturated carbocycles. The van der Waals surface area contributed by atoms with Crippen molar-refractivity contribution >= 4 is 11.6 Å². The molecule has 0 N–H and O–H groups in total. The highest BCUT2D eigenvalue weighted by Crippen LogP contribution is 2.43. The Morgan fingerprint density at radius 2 is 1.42 bits per heavy atom. The second-order valence-corrected chi connectivity index (χ2v) is 11.6. The molecule has 2 unspecified atom stereocenters. The zero-order valence-electron chi connectivity index (χ0n) is 20.7. The molecule has 1 aliphatic rings. The molecular weight excluding hydrogens is 409 g/mol. The number of ether oxygens (including phenoxy) is 2. The lowest BCUT2D eigenvalue weighted by atomic mass is 9.78. The summed E-state index contributed by atoms with van der Waals surface area (Å²) >= 11 is 0. The Hall–Kier alpha value is -0.950. The molecule has 0 heterocycles. The highest BCUT2D eigenvalue weighted by molar-refractivity contribution is 5.92. The number of carbonyl (C=O) groups excluding carboxylic acids is 2. The summed E-state index contributed by atoms with van der Waals surface area (Å²) in [5.41, 5.74) is -3.26. The Kier molecular flexibility index (Phi) is 8.61. The van der Waals surface area contributed by atoms with Crippen LogP contribution in [0, 0.1) is 11.3 Å². The molecule has 0 saturated heterocycles. The largest absolute Gasteiger partial charge is 0.421 e. The number of alkyl halides is 3. The third kappa shape index (κ3) is 8.16. The van der Waals surface area contributed by atoms with E-state index in [2.05, 4.69) is 0 Å². The minimum atomic E-state index is -4.77. The van der Waals surface area contributed by atoms with E-state index in [4.69, 9.17) is 9.47 Å². The van der Waals surface area contributed by atoms with Crippen molar-refractivity contribution in [2.75, 3.05) is 0 Å². The fraction of sp³-hybridized carbons (Fsp3) is 0.917. The van der Waals surface area contributed by atoms with Gasteiger partial charge in [0.25, 0.3) is 0 Å². The van der Waals surface area contributed by atoms with Gasteiger partial charge >= 0.3 is 6.18 Å². The Labute approximate surface area is 185 Å². The van der Waals surface area contributed by atoms with Gasteiger partial charge in [-0.25, -0.2) is 0 Å². The number of ketones is 2. The van der Waals surface area contributed by atoms with Gasteiger partial charge in [0.2, 0.25) is 6.10 Å². The van der Waals surface area contributed by atoms with E-state index in [9.17, 15) is 22.8 Å². The van der Waals surface area contributed by atoms with Gasteiger partial charge in [0, 0.05) is 11.3 Å². The fourth-order valence-corrected chi connectivity index (χ4v) is 4.19. The van der Waals surface area contributed by atoms with Crippen LogP contribution in [-0.4, -0.2) is 40.6 Å². The highest BCUT2D eigenvalue weighted by Gasteiger charge is 2.51. The number of rotatable bonds is 9. The molecule has 1 aliphatic carbocycles. The maximum Gasteiger partial charge on any atom is 0.421 e. The van der Waals surface area contributed by atoms with E-state index in [1.807, 2.05) is 34.6 Å². The number of Topliss-reactive ketones (excluding diaryl/α,β-unsaturated/α-hetero) is 2. The van der Waals surface area contributed by atoms with Crippen LogP contribution in [0.1, 0.15) is 101 Å². The summed E-state index contributed by atoms with van der Waals surface area (Å²) in [5, 5.41) is 0. The van der Waals surface area contributed by atoms with Crippen LogP contribution in [0.25, 0.3) is 0 Å². The van der Waals surface area contributed by atoms with Gasteiger partial charge in [-0.15, -0.1) is 0 Å². The fourth-order valence-electron chi connectivity index (χ4n) is 4.19. The number of carbonyl (C=O) groups is 2. The van der Waals surface area contributed by atoms with Gasteiger partial charge in [-0.05, 0) is 73.1 Å². The van der Waals surface area contributed by atoms with Gasteiger partial charge in [-0.1, -0.05) is 27.7 Å². The van der Waals surface area contributed by atoms with Crippen molar-refractivity contribution in [3.8, 4) is 0 Å². The first-order valence-electron chi connectivity index (χ1n) is 11.2. The van der Waals surface area contributed by atoms with Crippen molar-refractivity contribution in [3.05, 3.63) is 0 Å². The second-order valence-electron chi connectivity index (χ2n) is 11.6. The Morgan fingerprint density at radius 3 is 1.81 bits per heavy atom. The smallest absolute Gasteiger partial charge is 0.361 e. The minimum Gasteiger partial charge on any atom is -0.361 e. The standard InChI is InChI=1S/C24H41F3O4/c1-16(17(28)18(24(25,26)27)30-21(5,6)7)12-15-22(8,9)31-23(13-10-11-14-23)19(29)20(2,3)4/h16,18H,10-15H2,1-9H3. The predicted molar refractivity (Wildman–Crippen MR) is 115 cm³/mol. The molecule has 1 rings (SSSR count). The lowest BCUT2D eigenvalue weighted by Gasteiger charge is -2.41. The first kappa shape index (κ1) is 28.1. The normalized spacial score (nSPS) is 19.9. The Balaban J connectivity index is 2.89. The summed E-state index contributed by atoms with van der Waals surface area (Å²) in [4.78, 5) is 25.7. The van der Waals surface area contributed by atoms with Gasteiger partial charge in [0.1, 0.15) is 5.60 Å². The van der Waals surface area contributed by atoms with Gasteiger partial charge < -0.3 is 9.47 Å². The van der Waals surface area contributed by atoms with Gasteiger partial charge in [0.15, 0.2) is 11.6 Å². The van der Waals surface area contributed by atoms with E-state index < -0.39 is 46.2 Å². The average Bonchev–Trinajstić information content (AvgIpc) is 3.02. The molecule has 0 bridgehead atoms. The van der Waals surface area contributed by atoms with Gasteiger partial charge in [-0.3, -0.25) is 9.59 Å². The van der Waals surface area contributed by atoms with E-state index in [0.29, 0.717) is 19.3 Å². The molecular formula is C24H41F3O4. The van der Waals surface area contributed by atoms with Crippen LogP contribution in [-0.2, 0) is 19.1 Å². The molecule has 0 radical (unpaired) electrons. The molecule has 0 aromatic carbocycles. The van der Waals surface area contributed by atoms with Crippen molar-refractivity contribution in [2.45, 2.75) is 130 Å². The van der Waals surface area contributed by atoms with Crippen LogP contribution >= 0.6 is 0 Å². The maximum atomic E-state index is 13.4. The summed E-state index contributed by atoms with van der Waals surface area (Å²) < 4.78 is 51.8. The first-order valence-corrected chi connectivity index (χ1v) is 11.2. The predicted octanol–water partition coefficient (Wildman–Crippen LogP) is 6.44. The molecule has 0 aliphatic heterocycles. The quantitative estimate of drug-likeness (QED) is 0.406. The molecule has 4 nitrogen and oxygen atoms in total. The lowest BCUT2D eigenvalue weighted by molar-refractivity contribution is -0.240. The van der Waals surface area contributed by atoms with E-state index >= 15 is 0 Å². The van der Waals surface area contributed by atoms with Crippen molar-refractivity contribution in [3.63, 3.8) is 0 Å².